The van der Waals surface area contributed by atoms with Gasteiger partial charge < -0.3 is 15.4 Å². The fourth-order valence-electron chi connectivity index (χ4n) is 4.06. The molecule has 0 aromatic heterocycles. The highest BCUT2D eigenvalue weighted by atomic mass is 35.5. The molecule has 1 saturated heterocycles. The Balaban J connectivity index is 1.41. The molecule has 2 N–H and O–H groups in total. The molecule has 166 valence electrons. The zero-order valence-corrected chi connectivity index (χ0v) is 19.1. The van der Waals surface area contributed by atoms with E-state index in [0.717, 1.165) is 55.9 Å². The highest BCUT2D eigenvalue weighted by Crippen LogP contribution is 2.28. The zero-order valence-electron chi connectivity index (χ0n) is 18.4. The van der Waals surface area contributed by atoms with Crippen LogP contribution in [0.1, 0.15) is 39.9 Å². The Morgan fingerprint density at radius 3 is 2.66 bits per heavy atom. The van der Waals surface area contributed by atoms with Crippen molar-refractivity contribution >= 4 is 28.8 Å². The van der Waals surface area contributed by atoms with Crippen molar-refractivity contribution in [3.8, 4) is 0 Å². The van der Waals surface area contributed by atoms with Gasteiger partial charge >= 0.3 is 0 Å². The average molecular weight is 449 g/mol. The van der Waals surface area contributed by atoms with Crippen molar-refractivity contribution in [3.05, 3.63) is 94.0 Å². The summed E-state index contributed by atoms with van der Waals surface area (Å²) >= 11 is 6.51. The molecule has 1 fully saturated rings. The third kappa shape index (κ3) is 5.57. The monoisotopic (exact) mass is 448 g/mol. The van der Waals surface area contributed by atoms with Gasteiger partial charge in [-0.25, -0.2) is 0 Å². The number of nitrogens with one attached hydrogen (secondary N) is 2. The van der Waals surface area contributed by atoms with Gasteiger partial charge in [0.05, 0.1) is 11.1 Å². The Labute approximate surface area is 195 Å². The number of anilines is 2. The van der Waals surface area contributed by atoms with Crippen LogP contribution in [-0.4, -0.2) is 31.6 Å². The third-order valence-electron chi connectivity index (χ3n) is 5.87. The van der Waals surface area contributed by atoms with Gasteiger partial charge in [0.15, 0.2) is 5.78 Å². The van der Waals surface area contributed by atoms with Crippen LogP contribution in [0.25, 0.3) is 0 Å². The molecule has 0 saturated carbocycles. The van der Waals surface area contributed by atoms with Gasteiger partial charge in [-0.3, -0.25) is 4.79 Å². The number of carbonyl (C=O) groups is 1. The van der Waals surface area contributed by atoms with Gasteiger partial charge in [-0.1, -0.05) is 54.1 Å². The average Bonchev–Trinajstić information content (AvgIpc) is 3.31. The summed E-state index contributed by atoms with van der Waals surface area (Å²) in [6.07, 6.45) is 3.57. The molecule has 1 aliphatic heterocycles. The van der Waals surface area contributed by atoms with Crippen molar-refractivity contribution in [1.29, 1.82) is 0 Å². The minimum atomic E-state index is -0.0580. The number of halogens is 1. The van der Waals surface area contributed by atoms with E-state index in [0.29, 0.717) is 22.3 Å². The molecule has 4 rings (SSSR count). The Kier molecular flexibility index (Phi) is 7.59. The van der Waals surface area contributed by atoms with Gasteiger partial charge in [-0.05, 0) is 68.1 Å². The van der Waals surface area contributed by atoms with E-state index >= 15 is 0 Å². The summed E-state index contributed by atoms with van der Waals surface area (Å²) in [4.78, 5) is 12.9. The van der Waals surface area contributed by atoms with Crippen LogP contribution >= 0.6 is 11.6 Å². The molecule has 32 heavy (non-hydrogen) atoms. The topological polar surface area (TPSA) is 50.4 Å². The molecular weight excluding hydrogens is 420 g/mol. The van der Waals surface area contributed by atoms with Crippen molar-refractivity contribution in [2.45, 2.75) is 32.3 Å². The first-order valence-electron chi connectivity index (χ1n) is 11.2. The number of hydrogen-bond acceptors (Lipinski definition) is 4. The Bertz CT molecular complexity index is 1080. The molecule has 5 heteroatoms. The smallest absolute Gasteiger partial charge is 0.194 e. The van der Waals surface area contributed by atoms with E-state index < -0.39 is 0 Å². The second-order valence-corrected chi connectivity index (χ2v) is 8.62. The van der Waals surface area contributed by atoms with Crippen LogP contribution in [0, 0.1) is 6.92 Å². The molecule has 0 aliphatic carbocycles. The maximum Gasteiger partial charge on any atom is 0.194 e. The van der Waals surface area contributed by atoms with Crippen molar-refractivity contribution in [2.24, 2.45) is 0 Å². The number of ether oxygens (including phenoxy) is 1. The van der Waals surface area contributed by atoms with E-state index in [4.69, 9.17) is 16.3 Å². The fraction of sp³-hybridized carbons (Fsp3) is 0.296. The maximum atomic E-state index is 12.9. The maximum absolute atomic E-state index is 12.9. The van der Waals surface area contributed by atoms with E-state index in [1.807, 2.05) is 49.4 Å². The van der Waals surface area contributed by atoms with Gasteiger partial charge in [-0.15, -0.1) is 0 Å². The Hall–Kier alpha value is -2.66. The van der Waals surface area contributed by atoms with E-state index in [-0.39, 0.29) is 5.78 Å². The number of para-hydroxylation sites is 1. The number of carbonyl (C=O) groups excluding carboxylic acids is 1. The van der Waals surface area contributed by atoms with Gasteiger partial charge in [0, 0.05) is 35.7 Å². The molecule has 1 atom stereocenters. The summed E-state index contributed by atoms with van der Waals surface area (Å²) in [6, 6.07) is 21.4. The van der Waals surface area contributed by atoms with Gasteiger partial charge in [0.25, 0.3) is 0 Å². The van der Waals surface area contributed by atoms with E-state index in [9.17, 15) is 4.79 Å². The summed E-state index contributed by atoms with van der Waals surface area (Å²) in [5.41, 5.74) is 5.26. The first-order chi connectivity index (χ1) is 15.6. The van der Waals surface area contributed by atoms with Crippen LogP contribution in [0.15, 0.2) is 66.7 Å². The highest BCUT2D eigenvalue weighted by molar-refractivity contribution is 6.35. The second-order valence-electron chi connectivity index (χ2n) is 8.21. The van der Waals surface area contributed by atoms with Gasteiger partial charge in [0.1, 0.15) is 0 Å². The lowest BCUT2D eigenvalue weighted by molar-refractivity contribution is 0.103. The molecule has 0 radical (unpaired) electrons. The minimum Gasteiger partial charge on any atom is -0.377 e. The van der Waals surface area contributed by atoms with Crippen LogP contribution in [0.3, 0.4) is 0 Å². The normalized spacial score (nSPS) is 15.6. The molecule has 3 aromatic rings. The fourth-order valence-corrected chi connectivity index (χ4v) is 4.32. The number of ketones is 1. The number of hydrogen-bond donors (Lipinski definition) is 2. The van der Waals surface area contributed by atoms with Crippen molar-refractivity contribution in [3.63, 3.8) is 0 Å². The molecular formula is C27H29ClN2O2. The van der Waals surface area contributed by atoms with Crippen molar-refractivity contribution in [1.82, 2.24) is 5.32 Å². The van der Waals surface area contributed by atoms with Gasteiger partial charge in [-0.2, -0.15) is 0 Å². The molecule has 1 unspecified atom stereocenters. The van der Waals surface area contributed by atoms with E-state index in [1.165, 1.54) is 5.56 Å². The van der Waals surface area contributed by atoms with Crippen LogP contribution in [-0.2, 0) is 11.2 Å². The van der Waals surface area contributed by atoms with Crippen molar-refractivity contribution < 1.29 is 9.53 Å². The second kappa shape index (κ2) is 10.8. The van der Waals surface area contributed by atoms with E-state index in [2.05, 4.69) is 28.8 Å². The summed E-state index contributed by atoms with van der Waals surface area (Å²) in [6.45, 7) is 4.62. The van der Waals surface area contributed by atoms with Gasteiger partial charge in [0.2, 0.25) is 0 Å². The van der Waals surface area contributed by atoms with Crippen molar-refractivity contribution in [2.75, 3.05) is 25.0 Å². The lowest BCUT2D eigenvalue weighted by Gasteiger charge is -2.15. The molecule has 0 bridgehead atoms. The standard InChI is InChI=1S/C27H29ClN2O2/c1-19-7-2-4-10-23(19)27(31)24-13-12-21(17-25(24)28)30-26-11-5-3-8-20(26)14-15-29-18-22-9-6-16-32-22/h2-5,7-8,10-13,17,22,29-30H,6,9,14-16,18H2,1H3. The lowest BCUT2D eigenvalue weighted by atomic mass is 9.99. The van der Waals surface area contributed by atoms with Crippen LogP contribution in [0.4, 0.5) is 11.4 Å². The summed E-state index contributed by atoms with van der Waals surface area (Å²) in [5.74, 6) is -0.0580. The molecule has 0 amide bonds. The molecule has 3 aromatic carbocycles. The zero-order chi connectivity index (χ0) is 22.3. The number of benzene rings is 3. The van der Waals surface area contributed by atoms with Crippen LogP contribution in [0.5, 0.6) is 0 Å². The first kappa shape index (κ1) is 22.5. The first-order valence-corrected chi connectivity index (χ1v) is 11.6. The highest BCUT2D eigenvalue weighted by Gasteiger charge is 2.16. The summed E-state index contributed by atoms with van der Waals surface area (Å²) in [7, 11) is 0. The third-order valence-corrected chi connectivity index (χ3v) is 6.18. The largest absolute Gasteiger partial charge is 0.377 e. The lowest BCUT2D eigenvalue weighted by Crippen LogP contribution is -2.28. The minimum absolute atomic E-state index is 0.0580. The molecule has 1 aliphatic rings. The summed E-state index contributed by atoms with van der Waals surface area (Å²) < 4.78 is 5.67. The summed E-state index contributed by atoms with van der Waals surface area (Å²) in [5, 5.41) is 7.41. The molecule has 1 heterocycles. The van der Waals surface area contributed by atoms with E-state index in [1.54, 1.807) is 6.07 Å². The molecule has 4 nitrogen and oxygen atoms in total. The molecule has 0 spiro atoms. The number of aryl methyl sites for hydroxylation is 1. The number of rotatable bonds is 9. The predicted octanol–water partition coefficient (Wildman–Crippen LogP) is 5.93. The Morgan fingerprint density at radius 2 is 1.88 bits per heavy atom. The SMILES string of the molecule is Cc1ccccc1C(=O)c1ccc(Nc2ccccc2CCNCC2CCCO2)cc1Cl. The predicted molar refractivity (Wildman–Crippen MR) is 131 cm³/mol. The van der Waals surface area contributed by atoms with Crippen LogP contribution in [0.2, 0.25) is 5.02 Å². The van der Waals surface area contributed by atoms with Crippen LogP contribution < -0.4 is 10.6 Å². The Morgan fingerprint density at radius 1 is 1.06 bits per heavy atom. The quantitative estimate of drug-likeness (QED) is 0.314.